The van der Waals surface area contributed by atoms with Crippen molar-refractivity contribution in [1.29, 1.82) is 0 Å². The number of rotatable bonds is 0. The van der Waals surface area contributed by atoms with Gasteiger partial charge in [-0.05, 0) is 18.8 Å². The summed E-state index contributed by atoms with van der Waals surface area (Å²) in [7, 11) is 0. The highest BCUT2D eigenvalue weighted by Crippen LogP contribution is 2.26. The number of hydrogen-bond donors (Lipinski definition) is 0. The molecule has 1 saturated carbocycles. The first-order valence-electron chi connectivity index (χ1n) is 3.26. The van der Waals surface area contributed by atoms with E-state index in [4.69, 9.17) is 11.6 Å². The minimum atomic E-state index is 0.422. The second kappa shape index (κ2) is 2.72. The summed E-state index contributed by atoms with van der Waals surface area (Å²) >= 11 is 5.87. The zero-order chi connectivity index (χ0) is 5.98. The Labute approximate surface area is 56.2 Å². The van der Waals surface area contributed by atoms with Gasteiger partial charge < -0.3 is 0 Å². The minimum Gasteiger partial charge on any atom is -0.123 e. The highest BCUT2D eigenvalue weighted by atomic mass is 35.5. The van der Waals surface area contributed by atoms with Crippen LogP contribution in [0.3, 0.4) is 0 Å². The molecule has 1 rings (SSSR count). The van der Waals surface area contributed by atoms with E-state index in [0.29, 0.717) is 11.3 Å². The normalized spacial score (nSPS) is 39.8. The second-order valence-electron chi connectivity index (χ2n) is 2.63. The van der Waals surface area contributed by atoms with Gasteiger partial charge in [0.2, 0.25) is 0 Å². The Hall–Kier alpha value is 0.290. The third kappa shape index (κ3) is 1.66. The highest BCUT2D eigenvalue weighted by Gasteiger charge is 2.15. The summed E-state index contributed by atoms with van der Waals surface area (Å²) < 4.78 is 0. The van der Waals surface area contributed by atoms with Crippen LogP contribution >= 0.6 is 11.6 Å². The van der Waals surface area contributed by atoms with Gasteiger partial charge in [0.15, 0.2) is 0 Å². The van der Waals surface area contributed by atoms with E-state index in [0.717, 1.165) is 6.42 Å². The Morgan fingerprint density at radius 2 is 2.12 bits per heavy atom. The van der Waals surface area contributed by atoms with E-state index in [9.17, 15) is 0 Å². The Morgan fingerprint density at radius 1 is 1.38 bits per heavy atom. The van der Waals surface area contributed by atoms with Gasteiger partial charge in [0, 0.05) is 5.38 Å². The van der Waals surface area contributed by atoms with Gasteiger partial charge in [-0.15, -0.1) is 11.6 Å². The fourth-order valence-corrected chi connectivity index (χ4v) is 1.63. The Bertz CT molecular complexity index is 62.8. The maximum atomic E-state index is 5.87. The summed E-state index contributed by atoms with van der Waals surface area (Å²) in [5.41, 5.74) is 0. The first kappa shape index (κ1) is 6.41. The summed E-state index contributed by atoms with van der Waals surface area (Å²) in [4.78, 5) is 0. The number of hydrogen-bond acceptors (Lipinski definition) is 0. The van der Waals surface area contributed by atoms with E-state index >= 15 is 0 Å². The fourth-order valence-electron chi connectivity index (χ4n) is 1.23. The Balaban J connectivity index is 2.23. The standard InChI is InChI=1S/C7H12Cl/c1-6-3-2-4-7(8)5-6/h6-7H,1-5H2. The largest absolute Gasteiger partial charge is 0.123 e. The van der Waals surface area contributed by atoms with Crippen LogP contribution in [0.2, 0.25) is 0 Å². The van der Waals surface area contributed by atoms with Crippen LogP contribution in [-0.4, -0.2) is 5.38 Å². The van der Waals surface area contributed by atoms with Crippen molar-refractivity contribution < 1.29 is 0 Å². The summed E-state index contributed by atoms with van der Waals surface area (Å²) in [5, 5.41) is 0.422. The lowest BCUT2D eigenvalue weighted by Crippen LogP contribution is -2.12. The molecule has 0 nitrogen and oxygen atoms in total. The third-order valence-electron chi connectivity index (χ3n) is 1.72. The summed E-state index contributed by atoms with van der Waals surface area (Å²) in [6.45, 7) is 3.96. The lowest BCUT2D eigenvalue weighted by Gasteiger charge is -2.21. The summed E-state index contributed by atoms with van der Waals surface area (Å²) in [6.07, 6.45) is 4.89. The van der Waals surface area contributed by atoms with Crippen molar-refractivity contribution in [3.05, 3.63) is 6.92 Å². The van der Waals surface area contributed by atoms with Gasteiger partial charge in [0.25, 0.3) is 0 Å². The van der Waals surface area contributed by atoms with Crippen molar-refractivity contribution in [2.45, 2.75) is 31.1 Å². The Kier molecular flexibility index (Phi) is 2.18. The molecule has 0 N–H and O–H groups in total. The molecule has 0 bridgehead atoms. The topological polar surface area (TPSA) is 0 Å². The zero-order valence-corrected chi connectivity index (χ0v) is 5.82. The van der Waals surface area contributed by atoms with Gasteiger partial charge in [-0.3, -0.25) is 0 Å². The van der Waals surface area contributed by atoms with Gasteiger partial charge in [-0.1, -0.05) is 19.8 Å². The zero-order valence-electron chi connectivity index (χ0n) is 5.07. The van der Waals surface area contributed by atoms with Crippen molar-refractivity contribution >= 4 is 11.6 Å². The van der Waals surface area contributed by atoms with Crippen LogP contribution in [0, 0.1) is 12.8 Å². The first-order valence-corrected chi connectivity index (χ1v) is 3.70. The van der Waals surface area contributed by atoms with E-state index in [2.05, 4.69) is 6.92 Å². The average molecular weight is 132 g/mol. The van der Waals surface area contributed by atoms with E-state index in [1.165, 1.54) is 19.3 Å². The molecule has 0 amide bonds. The maximum Gasteiger partial charge on any atom is 0.0338 e. The maximum absolute atomic E-state index is 5.87. The van der Waals surface area contributed by atoms with Crippen LogP contribution in [0.4, 0.5) is 0 Å². The molecular weight excluding hydrogens is 120 g/mol. The molecule has 0 aromatic heterocycles. The molecule has 0 spiro atoms. The molecule has 1 fully saturated rings. The molecule has 1 radical (unpaired) electrons. The van der Waals surface area contributed by atoms with E-state index < -0.39 is 0 Å². The van der Waals surface area contributed by atoms with Crippen LogP contribution in [0.25, 0.3) is 0 Å². The predicted molar refractivity (Wildman–Crippen MR) is 37.0 cm³/mol. The molecule has 0 aliphatic heterocycles. The van der Waals surface area contributed by atoms with Crippen molar-refractivity contribution in [3.8, 4) is 0 Å². The molecule has 0 aromatic carbocycles. The lowest BCUT2D eigenvalue weighted by atomic mass is 9.91. The molecule has 2 atom stereocenters. The van der Waals surface area contributed by atoms with Crippen molar-refractivity contribution in [2.75, 3.05) is 0 Å². The Morgan fingerprint density at radius 3 is 2.50 bits per heavy atom. The molecule has 8 heavy (non-hydrogen) atoms. The van der Waals surface area contributed by atoms with Crippen molar-refractivity contribution in [1.82, 2.24) is 0 Å². The minimum absolute atomic E-state index is 0.422. The summed E-state index contributed by atoms with van der Waals surface area (Å²) in [6, 6.07) is 0. The molecule has 47 valence electrons. The fraction of sp³-hybridized carbons (Fsp3) is 0.857. The molecule has 1 aliphatic carbocycles. The van der Waals surface area contributed by atoms with E-state index in [-0.39, 0.29) is 0 Å². The molecule has 0 heterocycles. The lowest BCUT2D eigenvalue weighted by molar-refractivity contribution is 0.422. The third-order valence-corrected chi connectivity index (χ3v) is 2.12. The molecule has 1 heteroatoms. The molecule has 0 saturated heterocycles. The highest BCUT2D eigenvalue weighted by molar-refractivity contribution is 6.20. The number of halogens is 1. The van der Waals surface area contributed by atoms with Crippen LogP contribution in [-0.2, 0) is 0 Å². The van der Waals surface area contributed by atoms with Gasteiger partial charge in [0.1, 0.15) is 0 Å². The van der Waals surface area contributed by atoms with Gasteiger partial charge in [-0.25, -0.2) is 0 Å². The van der Waals surface area contributed by atoms with E-state index in [1.807, 2.05) is 0 Å². The van der Waals surface area contributed by atoms with Crippen LogP contribution in [0.1, 0.15) is 25.7 Å². The van der Waals surface area contributed by atoms with Crippen LogP contribution in [0.5, 0.6) is 0 Å². The smallest absolute Gasteiger partial charge is 0.0338 e. The van der Waals surface area contributed by atoms with Crippen molar-refractivity contribution in [2.24, 2.45) is 5.92 Å². The summed E-state index contributed by atoms with van der Waals surface area (Å²) in [5.74, 6) is 0.631. The molecule has 1 aliphatic rings. The quantitative estimate of drug-likeness (QED) is 0.444. The van der Waals surface area contributed by atoms with Crippen molar-refractivity contribution in [3.63, 3.8) is 0 Å². The van der Waals surface area contributed by atoms with E-state index in [1.54, 1.807) is 0 Å². The number of alkyl halides is 1. The molecule has 0 aromatic rings. The second-order valence-corrected chi connectivity index (χ2v) is 3.25. The predicted octanol–water partition coefficient (Wildman–Crippen LogP) is 2.62. The molecule has 2 unspecified atom stereocenters. The van der Waals surface area contributed by atoms with Gasteiger partial charge in [-0.2, -0.15) is 0 Å². The van der Waals surface area contributed by atoms with Crippen LogP contribution in [0.15, 0.2) is 0 Å². The van der Waals surface area contributed by atoms with Gasteiger partial charge in [0.05, 0.1) is 0 Å². The van der Waals surface area contributed by atoms with Crippen LogP contribution < -0.4 is 0 Å². The average Bonchev–Trinajstić information content (AvgIpc) is 1.64. The SMILES string of the molecule is [CH2]C1CCCC(Cl)C1. The molecular formula is C7H12Cl. The first-order chi connectivity index (χ1) is 3.79. The monoisotopic (exact) mass is 131 g/mol. The van der Waals surface area contributed by atoms with Gasteiger partial charge >= 0.3 is 0 Å².